The van der Waals surface area contributed by atoms with Crippen molar-refractivity contribution in [3.63, 3.8) is 0 Å². The first-order valence-corrected chi connectivity index (χ1v) is 8.29. The van der Waals surface area contributed by atoms with Gasteiger partial charge < -0.3 is 10.2 Å². The van der Waals surface area contributed by atoms with Gasteiger partial charge in [-0.2, -0.15) is 0 Å². The molecule has 0 bridgehead atoms. The summed E-state index contributed by atoms with van der Waals surface area (Å²) < 4.78 is 0. The van der Waals surface area contributed by atoms with Crippen molar-refractivity contribution in [2.75, 3.05) is 18.9 Å². The third-order valence-electron chi connectivity index (χ3n) is 3.73. The van der Waals surface area contributed by atoms with Crippen molar-refractivity contribution in [1.82, 2.24) is 4.90 Å². The molecule has 0 saturated carbocycles. The average Bonchev–Trinajstić information content (AvgIpc) is 2.57. The normalized spacial score (nSPS) is 10.7. The molecule has 0 aliphatic carbocycles. The number of halogens is 1. The predicted octanol–water partition coefficient (Wildman–Crippen LogP) is 4.07. The lowest BCUT2D eigenvalue weighted by molar-refractivity contribution is -0.129. The van der Waals surface area contributed by atoms with Crippen LogP contribution in [-0.4, -0.2) is 30.3 Å². The van der Waals surface area contributed by atoms with Crippen molar-refractivity contribution < 1.29 is 9.59 Å². The topological polar surface area (TPSA) is 49.4 Å². The summed E-state index contributed by atoms with van der Waals surface area (Å²) in [6.45, 7) is 3.86. The minimum atomic E-state index is -0.268. The highest BCUT2D eigenvalue weighted by molar-refractivity contribution is 6.32. The lowest BCUT2D eigenvalue weighted by atomic mass is 10.1. The standard InChI is InChI=1S/C20H21ClN2O2/c1-14-8-9-15(2)18(12-14)22-19(24)13-23(3)20(25)11-10-16-6-4-5-7-17(16)21/h4-12H,13H2,1-3H3,(H,22,24)/b11-10+. The molecular formula is C20H21ClN2O2. The molecule has 130 valence electrons. The number of rotatable bonds is 5. The van der Waals surface area contributed by atoms with Gasteiger partial charge in [-0.15, -0.1) is 0 Å². The fourth-order valence-corrected chi connectivity index (χ4v) is 2.45. The number of carbonyl (C=O) groups excluding carboxylic acids is 2. The monoisotopic (exact) mass is 356 g/mol. The zero-order chi connectivity index (χ0) is 18.4. The first-order valence-electron chi connectivity index (χ1n) is 7.91. The van der Waals surface area contributed by atoms with Crippen LogP contribution in [0.2, 0.25) is 5.02 Å². The minimum Gasteiger partial charge on any atom is -0.333 e. The molecule has 0 saturated heterocycles. The first-order chi connectivity index (χ1) is 11.9. The van der Waals surface area contributed by atoms with Gasteiger partial charge in [0.15, 0.2) is 0 Å². The van der Waals surface area contributed by atoms with Crippen LogP contribution in [0.15, 0.2) is 48.5 Å². The van der Waals surface area contributed by atoms with Gasteiger partial charge in [0.1, 0.15) is 0 Å². The van der Waals surface area contributed by atoms with Crippen LogP contribution in [0.1, 0.15) is 16.7 Å². The Kier molecular flexibility index (Phi) is 6.37. The van der Waals surface area contributed by atoms with E-state index in [4.69, 9.17) is 11.6 Å². The number of carbonyl (C=O) groups is 2. The highest BCUT2D eigenvalue weighted by Crippen LogP contribution is 2.17. The zero-order valence-corrected chi connectivity index (χ0v) is 15.3. The van der Waals surface area contributed by atoms with E-state index in [2.05, 4.69) is 5.32 Å². The second kappa shape index (κ2) is 8.49. The van der Waals surface area contributed by atoms with Crippen molar-refractivity contribution in [3.8, 4) is 0 Å². The summed E-state index contributed by atoms with van der Waals surface area (Å²) in [5, 5.41) is 3.41. The summed E-state index contributed by atoms with van der Waals surface area (Å²) in [4.78, 5) is 25.7. The highest BCUT2D eigenvalue weighted by Gasteiger charge is 2.12. The van der Waals surface area contributed by atoms with Crippen molar-refractivity contribution in [1.29, 1.82) is 0 Å². The molecule has 25 heavy (non-hydrogen) atoms. The Morgan fingerprint density at radius 2 is 1.88 bits per heavy atom. The van der Waals surface area contributed by atoms with Crippen molar-refractivity contribution >= 4 is 35.2 Å². The van der Waals surface area contributed by atoms with Crippen LogP contribution in [0.4, 0.5) is 5.69 Å². The van der Waals surface area contributed by atoms with Gasteiger partial charge in [0.25, 0.3) is 0 Å². The molecule has 1 N–H and O–H groups in total. The van der Waals surface area contributed by atoms with Crippen LogP contribution < -0.4 is 5.32 Å². The Labute approximate surface area is 153 Å². The lowest BCUT2D eigenvalue weighted by Gasteiger charge is -2.16. The maximum Gasteiger partial charge on any atom is 0.246 e. The molecule has 4 nitrogen and oxygen atoms in total. The number of anilines is 1. The molecule has 0 aliphatic rings. The van der Waals surface area contributed by atoms with E-state index in [1.165, 1.54) is 11.0 Å². The molecule has 2 aromatic rings. The third-order valence-corrected chi connectivity index (χ3v) is 4.08. The van der Waals surface area contributed by atoms with Gasteiger partial charge in [0.2, 0.25) is 11.8 Å². The van der Waals surface area contributed by atoms with Crippen LogP contribution in [0, 0.1) is 13.8 Å². The lowest BCUT2D eigenvalue weighted by Crippen LogP contribution is -2.34. The second-order valence-electron chi connectivity index (χ2n) is 5.92. The van der Waals surface area contributed by atoms with Gasteiger partial charge in [-0.1, -0.05) is 41.9 Å². The van der Waals surface area contributed by atoms with Gasteiger partial charge >= 0.3 is 0 Å². The fourth-order valence-electron chi connectivity index (χ4n) is 2.25. The van der Waals surface area contributed by atoms with Crippen LogP contribution in [0.25, 0.3) is 6.08 Å². The predicted molar refractivity (Wildman–Crippen MR) is 103 cm³/mol. The van der Waals surface area contributed by atoms with Crippen LogP contribution in [0.3, 0.4) is 0 Å². The van der Waals surface area contributed by atoms with E-state index in [1.54, 1.807) is 19.2 Å². The van der Waals surface area contributed by atoms with Crippen LogP contribution >= 0.6 is 11.6 Å². The molecule has 5 heteroatoms. The number of nitrogens with one attached hydrogen (secondary N) is 1. The summed E-state index contributed by atoms with van der Waals surface area (Å²) in [6, 6.07) is 13.1. The molecule has 2 aromatic carbocycles. The summed E-state index contributed by atoms with van der Waals surface area (Å²) in [6.07, 6.45) is 3.05. The number of aryl methyl sites for hydroxylation is 2. The number of hydrogen-bond donors (Lipinski definition) is 1. The Hall–Kier alpha value is -2.59. The Bertz CT molecular complexity index is 815. The fraction of sp³-hybridized carbons (Fsp3) is 0.200. The van der Waals surface area contributed by atoms with E-state index < -0.39 is 0 Å². The van der Waals surface area contributed by atoms with Gasteiger partial charge in [-0.05, 0) is 48.7 Å². The van der Waals surface area contributed by atoms with E-state index in [1.807, 2.05) is 50.2 Å². The Morgan fingerprint density at radius 1 is 1.16 bits per heavy atom. The molecule has 0 unspecified atom stereocenters. The number of benzene rings is 2. The Balaban J connectivity index is 1.95. The van der Waals surface area contributed by atoms with Gasteiger partial charge in [0, 0.05) is 23.8 Å². The van der Waals surface area contributed by atoms with Crippen molar-refractivity contribution in [2.45, 2.75) is 13.8 Å². The maximum atomic E-state index is 12.2. The molecule has 2 rings (SSSR count). The summed E-state index contributed by atoms with van der Waals surface area (Å²) in [7, 11) is 1.59. The summed E-state index contributed by atoms with van der Waals surface area (Å²) >= 11 is 6.05. The SMILES string of the molecule is Cc1ccc(C)c(NC(=O)CN(C)C(=O)/C=C/c2ccccc2Cl)c1. The quantitative estimate of drug-likeness (QED) is 0.821. The van der Waals surface area contributed by atoms with E-state index in [9.17, 15) is 9.59 Å². The molecule has 0 fully saturated rings. The van der Waals surface area contributed by atoms with Gasteiger partial charge in [0.05, 0.1) is 6.54 Å². The summed E-state index contributed by atoms with van der Waals surface area (Å²) in [5.41, 5.74) is 3.56. The highest BCUT2D eigenvalue weighted by atomic mass is 35.5. The molecule has 0 spiro atoms. The van der Waals surface area contributed by atoms with E-state index in [0.29, 0.717) is 5.02 Å². The molecule has 0 aromatic heterocycles. The molecule has 0 heterocycles. The molecular weight excluding hydrogens is 336 g/mol. The Morgan fingerprint density at radius 3 is 2.60 bits per heavy atom. The van der Waals surface area contributed by atoms with Gasteiger partial charge in [-0.3, -0.25) is 9.59 Å². The second-order valence-corrected chi connectivity index (χ2v) is 6.32. The molecule has 0 atom stereocenters. The molecule has 0 aliphatic heterocycles. The number of amides is 2. The zero-order valence-electron chi connectivity index (χ0n) is 14.5. The van der Waals surface area contributed by atoms with E-state index in [-0.39, 0.29) is 18.4 Å². The maximum absolute atomic E-state index is 12.2. The summed E-state index contributed by atoms with van der Waals surface area (Å²) in [5.74, 6) is -0.508. The average molecular weight is 357 g/mol. The number of likely N-dealkylation sites (N-methyl/N-ethyl adjacent to an activating group) is 1. The third kappa shape index (κ3) is 5.47. The van der Waals surface area contributed by atoms with E-state index in [0.717, 1.165) is 22.4 Å². The first kappa shape index (κ1) is 18.7. The van der Waals surface area contributed by atoms with Crippen molar-refractivity contribution in [2.24, 2.45) is 0 Å². The molecule has 2 amide bonds. The minimum absolute atomic E-state index is 0.0287. The number of hydrogen-bond acceptors (Lipinski definition) is 2. The largest absolute Gasteiger partial charge is 0.333 e. The van der Waals surface area contributed by atoms with Crippen LogP contribution in [0.5, 0.6) is 0 Å². The smallest absolute Gasteiger partial charge is 0.246 e. The molecule has 0 radical (unpaired) electrons. The van der Waals surface area contributed by atoms with Gasteiger partial charge in [-0.25, -0.2) is 0 Å². The van der Waals surface area contributed by atoms with E-state index >= 15 is 0 Å². The van der Waals surface area contributed by atoms with Crippen molar-refractivity contribution in [3.05, 3.63) is 70.3 Å². The van der Waals surface area contributed by atoms with Crippen LogP contribution in [-0.2, 0) is 9.59 Å². The number of nitrogens with zero attached hydrogens (tertiary/aromatic N) is 1.